The van der Waals surface area contributed by atoms with Crippen LogP contribution in [0.15, 0.2) is 0 Å². The third-order valence-corrected chi connectivity index (χ3v) is 9.81. The highest BCUT2D eigenvalue weighted by Gasteiger charge is 2.36. The van der Waals surface area contributed by atoms with Gasteiger partial charge in [0.2, 0.25) is 0 Å². The van der Waals surface area contributed by atoms with E-state index in [-0.39, 0.29) is 36.6 Å². The lowest BCUT2D eigenvalue weighted by Crippen LogP contribution is -2.43. The van der Waals surface area contributed by atoms with E-state index in [1.807, 2.05) is 6.92 Å². The summed E-state index contributed by atoms with van der Waals surface area (Å²) in [4.78, 5) is 47.9. The summed E-state index contributed by atoms with van der Waals surface area (Å²) >= 11 is 6.27. The standard InChI is InChI=1S/C34H60ClNO11/c1-5-6-15-27(47-34(36)44)30(35)25(38)20-26(39)32(42)31(41)22(3)14-9-7-8-12-21(2)13-10-11-16-29(40)46-28-19-23(33(43)45-4)17-18-24(28)37/h21-25,27-28,30-32,37-38,41-42H,5-20H2,1-4H3,(H2,36,44)/t21?,22-,23+,24+,25-,27-,28-,30+,31?,32?/m1/s1. The molecule has 1 fully saturated rings. The van der Waals surface area contributed by atoms with E-state index >= 15 is 0 Å². The van der Waals surface area contributed by atoms with E-state index in [4.69, 9.17) is 31.5 Å². The molecule has 0 heterocycles. The zero-order valence-electron chi connectivity index (χ0n) is 28.7. The van der Waals surface area contributed by atoms with Gasteiger partial charge in [-0.25, -0.2) is 4.79 Å². The summed E-state index contributed by atoms with van der Waals surface area (Å²) in [6.45, 7) is 5.88. The third-order valence-electron chi connectivity index (χ3n) is 9.24. The highest BCUT2D eigenvalue weighted by Crippen LogP contribution is 2.28. The molecular formula is C34H60ClNO11. The maximum Gasteiger partial charge on any atom is 0.404 e. The van der Waals surface area contributed by atoms with Gasteiger partial charge in [0, 0.05) is 19.3 Å². The number of unbranched alkanes of at least 4 members (excludes halogenated alkanes) is 4. The van der Waals surface area contributed by atoms with E-state index in [2.05, 4.69) is 6.92 Å². The first-order valence-corrected chi connectivity index (χ1v) is 17.8. The second-order valence-corrected chi connectivity index (χ2v) is 13.8. The highest BCUT2D eigenvalue weighted by molar-refractivity contribution is 6.21. The van der Waals surface area contributed by atoms with Crippen molar-refractivity contribution in [3.8, 4) is 0 Å². The number of nitrogens with two attached hydrogens (primary N) is 1. The third kappa shape index (κ3) is 16.8. The summed E-state index contributed by atoms with van der Waals surface area (Å²) in [5, 5.41) is 40.5. The van der Waals surface area contributed by atoms with Gasteiger partial charge < -0.3 is 40.4 Å². The number of carbonyl (C=O) groups is 4. The minimum atomic E-state index is -1.67. The molecule has 0 spiro atoms. The summed E-state index contributed by atoms with van der Waals surface area (Å²) in [7, 11) is 1.33. The molecule has 0 saturated heterocycles. The molecule has 1 amide bonds. The summed E-state index contributed by atoms with van der Waals surface area (Å²) in [5.41, 5.74) is 5.10. The van der Waals surface area contributed by atoms with E-state index < -0.39 is 60.3 Å². The molecule has 6 N–H and O–H groups in total. The smallest absolute Gasteiger partial charge is 0.404 e. The van der Waals surface area contributed by atoms with Crippen molar-refractivity contribution < 1.29 is 53.8 Å². The van der Waals surface area contributed by atoms with Crippen molar-refractivity contribution >= 4 is 35.4 Å². The molecule has 1 aliphatic rings. The van der Waals surface area contributed by atoms with Crippen molar-refractivity contribution in [2.75, 3.05) is 7.11 Å². The summed E-state index contributed by atoms with van der Waals surface area (Å²) in [6.07, 6.45) is 2.01. The number of rotatable bonds is 24. The number of Topliss-reactive ketones (excluding diaryl/α,β-unsaturated/α-hetero) is 1. The Morgan fingerprint density at radius 1 is 0.915 bits per heavy atom. The summed E-state index contributed by atoms with van der Waals surface area (Å²) < 4.78 is 15.2. The number of primary amides is 1. The van der Waals surface area contributed by atoms with E-state index in [1.54, 1.807) is 6.92 Å². The molecule has 10 atom stereocenters. The number of hydrogen-bond acceptors (Lipinski definition) is 11. The van der Waals surface area contributed by atoms with Crippen molar-refractivity contribution in [3.63, 3.8) is 0 Å². The second-order valence-electron chi connectivity index (χ2n) is 13.3. The second kappa shape index (κ2) is 23.4. The average Bonchev–Trinajstić information content (AvgIpc) is 3.03. The SMILES string of the molecule is CCCC[C@@H](OC(N)=O)[C@@H](Cl)[C@H](O)CC(=O)C(O)C(O)[C@H](C)CCCCCC(C)CCCCC(=O)O[C@@H]1C[C@@H](C(=O)OC)CC[C@@H]1O. The molecule has 274 valence electrons. The molecule has 12 nitrogen and oxygen atoms in total. The molecule has 0 radical (unpaired) electrons. The predicted molar refractivity (Wildman–Crippen MR) is 176 cm³/mol. The molecule has 0 bridgehead atoms. The van der Waals surface area contributed by atoms with Gasteiger partial charge >= 0.3 is 18.0 Å². The van der Waals surface area contributed by atoms with Crippen LogP contribution in [0.1, 0.15) is 124 Å². The first-order chi connectivity index (χ1) is 22.2. The number of esters is 2. The number of methoxy groups -OCH3 is 1. The Kier molecular flexibility index (Phi) is 21.4. The fourth-order valence-electron chi connectivity index (χ4n) is 6.09. The van der Waals surface area contributed by atoms with Crippen LogP contribution in [-0.4, -0.2) is 93.4 Å². The van der Waals surface area contributed by atoms with Crippen LogP contribution < -0.4 is 5.73 Å². The summed E-state index contributed by atoms with van der Waals surface area (Å²) in [6, 6.07) is 0. The molecule has 0 aliphatic heterocycles. The van der Waals surface area contributed by atoms with Gasteiger partial charge in [-0.05, 0) is 50.4 Å². The van der Waals surface area contributed by atoms with Crippen molar-refractivity contribution in [1.29, 1.82) is 0 Å². The molecular weight excluding hydrogens is 634 g/mol. The fourth-order valence-corrected chi connectivity index (χ4v) is 6.35. The first-order valence-electron chi connectivity index (χ1n) is 17.3. The number of alkyl halides is 1. The monoisotopic (exact) mass is 693 g/mol. The maximum absolute atomic E-state index is 12.6. The van der Waals surface area contributed by atoms with Crippen molar-refractivity contribution in [3.05, 3.63) is 0 Å². The van der Waals surface area contributed by atoms with Crippen LogP contribution in [-0.2, 0) is 28.6 Å². The van der Waals surface area contributed by atoms with E-state index in [9.17, 15) is 39.6 Å². The largest absolute Gasteiger partial charge is 0.469 e. The van der Waals surface area contributed by atoms with Gasteiger partial charge in [-0.15, -0.1) is 11.6 Å². The predicted octanol–water partition coefficient (Wildman–Crippen LogP) is 4.32. The lowest BCUT2D eigenvalue weighted by Gasteiger charge is -2.31. The Bertz CT molecular complexity index is 938. The lowest BCUT2D eigenvalue weighted by molar-refractivity contribution is -0.165. The Morgan fingerprint density at radius 2 is 1.55 bits per heavy atom. The van der Waals surface area contributed by atoms with Crippen LogP contribution in [0.25, 0.3) is 0 Å². The first kappa shape index (κ1) is 43.0. The summed E-state index contributed by atoms with van der Waals surface area (Å²) in [5.74, 6) is -1.67. The van der Waals surface area contributed by atoms with Crippen LogP contribution in [0.5, 0.6) is 0 Å². The zero-order chi connectivity index (χ0) is 35.5. The number of aliphatic hydroxyl groups is 4. The number of aliphatic hydroxyl groups excluding tert-OH is 4. The van der Waals surface area contributed by atoms with Crippen LogP contribution in [0.2, 0.25) is 0 Å². The van der Waals surface area contributed by atoms with Gasteiger partial charge in [0.05, 0.1) is 36.7 Å². The molecule has 1 aliphatic carbocycles. The topological polar surface area (TPSA) is 203 Å². The minimum Gasteiger partial charge on any atom is -0.469 e. The zero-order valence-corrected chi connectivity index (χ0v) is 29.4. The van der Waals surface area contributed by atoms with Crippen molar-refractivity contribution in [1.82, 2.24) is 0 Å². The van der Waals surface area contributed by atoms with Gasteiger partial charge in [-0.2, -0.15) is 0 Å². The highest BCUT2D eigenvalue weighted by atomic mass is 35.5. The Labute approximate surface area is 285 Å². The fraction of sp³-hybridized carbons (Fsp3) is 0.882. The number of hydrogen-bond donors (Lipinski definition) is 5. The number of halogens is 1. The molecule has 3 unspecified atom stereocenters. The van der Waals surface area contributed by atoms with E-state index in [1.165, 1.54) is 7.11 Å². The molecule has 0 aromatic heterocycles. The van der Waals surface area contributed by atoms with Gasteiger partial charge in [0.15, 0.2) is 5.78 Å². The molecule has 1 rings (SSSR count). The lowest BCUT2D eigenvalue weighted by atomic mass is 9.85. The Hall–Kier alpha value is -1.99. The van der Waals surface area contributed by atoms with Gasteiger partial charge in [-0.3, -0.25) is 14.4 Å². The number of carbonyl (C=O) groups excluding carboxylic acids is 4. The Balaban J connectivity index is 2.27. The number of amides is 1. The molecule has 0 aromatic carbocycles. The molecule has 47 heavy (non-hydrogen) atoms. The van der Waals surface area contributed by atoms with Crippen LogP contribution in [0, 0.1) is 17.8 Å². The van der Waals surface area contributed by atoms with Crippen molar-refractivity contribution in [2.45, 2.75) is 166 Å². The maximum atomic E-state index is 12.6. The van der Waals surface area contributed by atoms with Gasteiger partial charge in [0.25, 0.3) is 0 Å². The molecule has 0 aromatic rings. The molecule has 13 heteroatoms. The van der Waals surface area contributed by atoms with Crippen LogP contribution in [0.3, 0.4) is 0 Å². The quantitative estimate of drug-likeness (QED) is 0.0417. The number of ether oxygens (including phenoxy) is 3. The van der Waals surface area contributed by atoms with Gasteiger partial charge in [-0.1, -0.05) is 65.7 Å². The van der Waals surface area contributed by atoms with Gasteiger partial charge in [0.1, 0.15) is 18.3 Å². The van der Waals surface area contributed by atoms with Crippen LogP contribution in [0.4, 0.5) is 4.79 Å². The van der Waals surface area contributed by atoms with Crippen molar-refractivity contribution in [2.24, 2.45) is 23.5 Å². The average molecular weight is 694 g/mol. The van der Waals surface area contributed by atoms with E-state index in [0.29, 0.717) is 44.4 Å². The normalized spacial score (nSPS) is 22.6. The molecule has 1 saturated carbocycles. The van der Waals surface area contributed by atoms with Crippen LogP contribution >= 0.6 is 11.6 Å². The number of ketones is 1. The Morgan fingerprint density at radius 3 is 2.17 bits per heavy atom. The van der Waals surface area contributed by atoms with E-state index in [0.717, 1.165) is 44.9 Å². The minimum absolute atomic E-state index is 0.266.